The van der Waals surface area contributed by atoms with Crippen molar-refractivity contribution in [3.8, 4) is 5.75 Å². The Morgan fingerprint density at radius 2 is 1.87 bits per heavy atom. The van der Waals surface area contributed by atoms with Crippen molar-refractivity contribution < 1.29 is 23.5 Å². The smallest absolute Gasteiger partial charge is 0.407 e. The Balaban J connectivity index is 1.48. The second-order valence-corrected chi connectivity index (χ2v) is 7.12. The van der Waals surface area contributed by atoms with Crippen molar-refractivity contribution in [2.75, 3.05) is 6.54 Å². The molecule has 1 heterocycles. The van der Waals surface area contributed by atoms with Gasteiger partial charge in [0.2, 0.25) is 0 Å². The van der Waals surface area contributed by atoms with Crippen molar-refractivity contribution in [2.24, 2.45) is 0 Å². The largest absolute Gasteiger partial charge is 0.445 e. The Kier molecular flexibility index (Phi) is 7.43. The molecule has 0 saturated carbocycles. The van der Waals surface area contributed by atoms with Crippen LogP contribution in [0.5, 0.6) is 5.75 Å². The summed E-state index contributed by atoms with van der Waals surface area (Å²) < 4.78 is 15.8. The van der Waals surface area contributed by atoms with E-state index < -0.39 is 17.7 Å². The van der Waals surface area contributed by atoms with Crippen LogP contribution in [0, 0.1) is 6.92 Å². The third kappa shape index (κ3) is 6.18. The molecule has 0 bridgehead atoms. The average molecular weight is 423 g/mol. The summed E-state index contributed by atoms with van der Waals surface area (Å²) in [7, 11) is 0. The molecule has 1 N–H and O–H groups in total. The predicted molar refractivity (Wildman–Crippen MR) is 116 cm³/mol. The molecule has 3 aromatic rings. The molecule has 0 aliphatic carbocycles. The molecular weight excluding hydrogens is 398 g/mol. The third-order valence-corrected chi connectivity index (χ3v) is 4.78. The molecule has 1 amide bonds. The monoisotopic (exact) mass is 423 g/mol. The molecule has 0 saturated heterocycles. The molecule has 7 heteroatoms. The summed E-state index contributed by atoms with van der Waals surface area (Å²) in [6.45, 7) is 4.27. The van der Waals surface area contributed by atoms with Gasteiger partial charge in [0.15, 0.2) is 0 Å². The SMILES string of the molecule is CCc1cc2c(C)cc(=O)oc2cc1OC(=O)CCCNC(=O)OCc1ccccc1. The quantitative estimate of drug-likeness (QED) is 0.252. The summed E-state index contributed by atoms with van der Waals surface area (Å²) in [6, 6.07) is 14.3. The Hall–Kier alpha value is -3.61. The lowest BCUT2D eigenvalue weighted by Crippen LogP contribution is -2.26. The van der Waals surface area contributed by atoms with E-state index in [1.54, 1.807) is 6.07 Å². The number of amides is 1. The molecule has 0 radical (unpaired) electrons. The molecule has 31 heavy (non-hydrogen) atoms. The minimum atomic E-state index is -0.537. The molecule has 3 rings (SSSR count). The molecular formula is C24H25NO6. The summed E-state index contributed by atoms with van der Waals surface area (Å²) >= 11 is 0. The highest BCUT2D eigenvalue weighted by Crippen LogP contribution is 2.28. The van der Waals surface area contributed by atoms with Crippen molar-refractivity contribution in [3.63, 3.8) is 0 Å². The fraction of sp³-hybridized carbons (Fsp3) is 0.292. The number of hydrogen-bond donors (Lipinski definition) is 1. The summed E-state index contributed by atoms with van der Waals surface area (Å²) in [4.78, 5) is 35.6. The second kappa shape index (κ2) is 10.4. The first-order valence-corrected chi connectivity index (χ1v) is 10.2. The molecule has 1 aromatic heterocycles. The Morgan fingerprint density at radius 1 is 1.10 bits per heavy atom. The summed E-state index contributed by atoms with van der Waals surface area (Å²) in [5, 5.41) is 3.43. The Labute approximate surface area is 180 Å². The lowest BCUT2D eigenvalue weighted by atomic mass is 10.1. The van der Waals surface area contributed by atoms with Crippen LogP contribution >= 0.6 is 0 Å². The number of fused-ring (bicyclic) bond motifs is 1. The maximum Gasteiger partial charge on any atom is 0.407 e. The number of benzene rings is 2. The van der Waals surface area contributed by atoms with Crippen molar-refractivity contribution in [2.45, 2.75) is 39.7 Å². The first-order valence-electron chi connectivity index (χ1n) is 10.2. The number of esters is 1. The number of ether oxygens (including phenoxy) is 2. The highest BCUT2D eigenvalue weighted by molar-refractivity contribution is 5.84. The van der Waals surface area contributed by atoms with Crippen LogP contribution in [0.25, 0.3) is 11.0 Å². The van der Waals surface area contributed by atoms with E-state index >= 15 is 0 Å². The number of hydrogen-bond acceptors (Lipinski definition) is 6. The van der Waals surface area contributed by atoms with E-state index in [-0.39, 0.29) is 19.6 Å². The summed E-state index contributed by atoms with van der Waals surface area (Å²) in [5.74, 6) is -0.0486. The minimum Gasteiger partial charge on any atom is -0.445 e. The van der Waals surface area contributed by atoms with Gasteiger partial charge in [0.1, 0.15) is 17.9 Å². The van der Waals surface area contributed by atoms with Gasteiger partial charge in [0.25, 0.3) is 0 Å². The fourth-order valence-corrected chi connectivity index (χ4v) is 3.13. The van der Waals surface area contributed by atoms with E-state index in [2.05, 4.69) is 5.32 Å². The highest BCUT2D eigenvalue weighted by Gasteiger charge is 2.13. The number of aryl methyl sites for hydroxylation is 2. The average Bonchev–Trinajstić information content (AvgIpc) is 2.75. The van der Waals surface area contributed by atoms with Gasteiger partial charge in [-0.2, -0.15) is 0 Å². The number of rotatable bonds is 8. The van der Waals surface area contributed by atoms with Gasteiger partial charge in [-0.05, 0) is 42.5 Å². The fourth-order valence-electron chi connectivity index (χ4n) is 3.13. The van der Waals surface area contributed by atoms with Crippen molar-refractivity contribution in [1.29, 1.82) is 0 Å². The summed E-state index contributed by atoms with van der Waals surface area (Å²) in [6.07, 6.45) is 0.650. The van der Waals surface area contributed by atoms with Gasteiger partial charge in [-0.3, -0.25) is 4.79 Å². The van der Waals surface area contributed by atoms with E-state index in [1.807, 2.05) is 50.2 Å². The molecule has 0 fully saturated rings. The van der Waals surface area contributed by atoms with Crippen molar-refractivity contribution in [3.05, 3.63) is 75.6 Å². The Morgan fingerprint density at radius 3 is 2.61 bits per heavy atom. The van der Waals surface area contributed by atoms with Crippen LogP contribution < -0.4 is 15.7 Å². The second-order valence-electron chi connectivity index (χ2n) is 7.12. The predicted octanol–water partition coefficient (Wildman–Crippen LogP) is 4.28. The van der Waals surface area contributed by atoms with Crippen LogP contribution in [-0.2, 0) is 22.6 Å². The standard InChI is InChI=1S/C24H25NO6/c1-3-18-13-19-16(2)12-23(27)31-21(19)14-20(18)30-22(26)10-7-11-25-24(28)29-15-17-8-5-4-6-9-17/h4-6,8-9,12-14H,3,7,10-11,15H2,1-2H3,(H,25,28). The van der Waals surface area contributed by atoms with E-state index in [0.29, 0.717) is 24.2 Å². The zero-order chi connectivity index (χ0) is 22.2. The maximum absolute atomic E-state index is 12.2. The molecule has 162 valence electrons. The van der Waals surface area contributed by atoms with E-state index in [1.165, 1.54) is 6.07 Å². The molecule has 0 aliphatic heterocycles. The van der Waals surface area contributed by atoms with E-state index in [0.717, 1.165) is 22.1 Å². The van der Waals surface area contributed by atoms with Crippen LogP contribution in [0.4, 0.5) is 4.79 Å². The van der Waals surface area contributed by atoms with Gasteiger partial charge in [0.05, 0.1) is 0 Å². The van der Waals surface area contributed by atoms with Gasteiger partial charge in [0, 0.05) is 30.5 Å². The van der Waals surface area contributed by atoms with Crippen molar-refractivity contribution in [1.82, 2.24) is 5.32 Å². The van der Waals surface area contributed by atoms with Crippen LogP contribution in [0.3, 0.4) is 0 Å². The van der Waals surface area contributed by atoms with Crippen molar-refractivity contribution >= 4 is 23.0 Å². The van der Waals surface area contributed by atoms with Gasteiger partial charge >= 0.3 is 17.7 Å². The van der Waals surface area contributed by atoms with Crippen LogP contribution in [0.2, 0.25) is 0 Å². The van der Waals surface area contributed by atoms with Gasteiger partial charge in [-0.25, -0.2) is 9.59 Å². The number of nitrogens with one attached hydrogen (secondary N) is 1. The maximum atomic E-state index is 12.2. The topological polar surface area (TPSA) is 94.8 Å². The lowest BCUT2D eigenvalue weighted by molar-refractivity contribution is -0.134. The first-order chi connectivity index (χ1) is 15.0. The van der Waals surface area contributed by atoms with E-state index in [4.69, 9.17) is 13.9 Å². The number of carbonyl (C=O) groups excluding carboxylic acids is 2. The minimum absolute atomic E-state index is 0.123. The highest BCUT2D eigenvalue weighted by atomic mass is 16.5. The van der Waals surface area contributed by atoms with Crippen LogP contribution in [-0.4, -0.2) is 18.6 Å². The zero-order valence-corrected chi connectivity index (χ0v) is 17.6. The molecule has 0 atom stereocenters. The first kappa shape index (κ1) is 22.1. The van der Waals surface area contributed by atoms with Crippen LogP contribution in [0.1, 0.15) is 36.5 Å². The zero-order valence-electron chi connectivity index (χ0n) is 17.6. The molecule has 7 nitrogen and oxygen atoms in total. The third-order valence-electron chi connectivity index (χ3n) is 4.78. The van der Waals surface area contributed by atoms with Crippen LogP contribution in [0.15, 0.2) is 57.7 Å². The number of carbonyl (C=O) groups is 2. The molecule has 0 spiro atoms. The summed E-state index contributed by atoms with van der Waals surface area (Å²) in [5.41, 5.74) is 2.49. The van der Waals surface area contributed by atoms with Gasteiger partial charge in [-0.15, -0.1) is 0 Å². The lowest BCUT2D eigenvalue weighted by Gasteiger charge is -2.11. The molecule has 0 unspecified atom stereocenters. The number of alkyl carbamates (subject to hydrolysis) is 1. The Bertz CT molecular complexity index is 1120. The van der Waals surface area contributed by atoms with E-state index in [9.17, 15) is 14.4 Å². The molecule has 2 aromatic carbocycles. The van der Waals surface area contributed by atoms with Gasteiger partial charge < -0.3 is 19.2 Å². The van der Waals surface area contributed by atoms with Gasteiger partial charge in [-0.1, -0.05) is 37.3 Å². The molecule has 0 aliphatic rings. The normalized spacial score (nSPS) is 10.6.